The van der Waals surface area contributed by atoms with Crippen LogP contribution in [0.15, 0.2) is 0 Å². The van der Waals surface area contributed by atoms with E-state index in [-0.39, 0.29) is 25.7 Å². The molecule has 0 saturated carbocycles. The van der Waals surface area contributed by atoms with Gasteiger partial charge in [0.1, 0.15) is 19.3 Å². The van der Waals surface area contributed by atoms with E-state index in [4.69, 9.17) is 37.0 Å². The van der Waals surface area contributed by atoms with Gasteiger partial charge in [0, 0.05) is 25.7 Å². The fraction of sp³-hybridized carbons (Fsp3) is 0.945. The van der Waals surface area contributed by atoms with E-state index in [0.717, 1.165) is 114 Å². The van der Waals surface area contributed by atoms with Gasteiger partial charge in [0.2, 0.25) is 0 Å². The van der Waals surface area contributed by atoms with Crippen molar-refractivity contribution in [2.24, 2.45) is 23.7 Å². The van der Waals surface area contributed by atoms with Crippen LogP contribution in [-0.4, -0.2) is 96.7 Å². The zero-order valence-electron chi connectivity index (χ0n) is 60.2. The van der Waals surface area contributed by atoms with Gasteiger partial charge < -0.3 is 33.8 Å². The second kappa shape index (κ2) is 62.6. The van der Waals surface area contributed by atoms with Crippen molar-refractivity contribution in [1.29, 1.82) is 0 Å². The average molecular weight is 1350 g/mol. The number of carbonyl (C=O) groups excluding carboxylic acids is 4. The van der Waals surface area contributed by atoms with Crippen molar-refractivity contribution in [2.75, 3.05) is 39.6 Å². The molecule has 0 aromatic heterocycles. The van der Waals surface area contributed by atoms with Gasteiger partial charge in [-0.15, -0.1) is 0 Å². The van der Waals surface area contributed by atoms with E-state index in [0.29, 0.717) is 25.7 Å². The molecule has 17 nitrogen and oxygen atoms in total. The smallest absolute Gasteiger partial charge is 0.462 e. The van der Waals surface area contributed by atoms with Gasteiger partial charge in [0.25, 0.3) is 0 Å². The van der Waals surface area contributed by atoms with E-state index in [1.165, 1.54) is 167 Å². The lowest BCUT2D eigenvalue weighted by Crippen LogP contribution is -2.30. The minimum absolute atomic E-state index is 0.105. The third-order valence-corrected chi connectivity index (χ3v) is 19.1. The van der Waals surface area contributed by atoms with Crippen molar-refractivity contribution in [1.82, 2.24) is 0 Å². The van der Waals surface area contributed by atoms with E-state index < -0.39 is 97.5 Å². The Morgan fingerprint density at radius 3 is 0.772 bits per heavy atom. The Hall–Kier alpha value is -1.94. The first-order valence-electron chi connectivity index (χ1n) is 37.7. The molecule has 3 N–H and O–H groups in total. The highest BCUT2D eigenvalue weighted by Crippen LogP contribution is 2.45. The molecule has 0 bridgehead atoms. The van der Waals surface area contributed by atoms with Gasteiger partial charge in [-0.3, -0.25) is 37.3 Å². The lowest BCUT2D eigenvalue weighted by Gasteiger charge is -2.21. The van der Waals surface area contributed by atoms with Crippen LogP contribution < -0.4 is 0 Å². The maximum absolute atomic E-state index is 13.0. The number of phosphoric ester groups is 2. The molecule has 0 amide bonds. The van der Waals surface area contributed by atoms with E-state index in [2.05, 4.69) is 55.4 Å². The Bertz CT molecular complexity index is 1820. The molecule has 0 saturated heterocycles. The lowest BCUT2D eigenvalue weighted by molar-refractivity contribution is -0.161. The third-order valence-electron chi connectivity index (χ3n) is 17.2. The second-order valence-corrected chi connectivity index (χ2v) is 30.9. The van der Waals surface area contributed by atoms with Gasteiger partial charge in [-0.2, -0.15) is 0 Å². The molecule has 0 aliphatic heterocycles. The molecule has 0 spiro atoms. The van der Waals surface area contributed by atoms with Crippen LogP contribution in [0.3, 0.4) is 0 Å². The van der Waals surface area contributed by atoms with E-state index in [9.17, 15) is 43.2 Å². The number of phosphoric acid groups is 2. The normalized spacial score (nSPS) is 14.5. The highest BCUT2D eigenvalue weighted by Gasteiger charge is 2.30. The summed E-state index contributed by atoms with van der Waals surface area (Å²) in [6, 6.07) is 0. The Kier molecular flexibility index (Phi) is 61.3. The van der Waals surface area contributed by atoms with Crippen molar-refractivity contribution >= 4 is 39.5 Å². The van der Waals surface area contributed by atoms with Crippen LogP contribution in [0, 0.1) is 23.7 Å². The van der Waals surface area contributed by atoms with Gasteiger partial charge in [-0.25, -0.2) is 9.13 Å². The minimum atomic E-state index is -4.96. The maximum Gasteiger partial charge on any atom is 0.472 e. The van der Waals surface area contributed by atoms with Crippen molar-refractivity contribution in [2.45, 2.75) is 382 Å². The fourth-order valence-corrected chi connectivity index (χ4v) is 12.6. The van der Waals surface area contributed by atoms with Crippen LogP contribution in [0.25, 0.3) is 0 Å². The Labute approximate surface area is 562 Å². The number of esters is 4. The summed E-state index contributed by atoms with van der Waals surface area (Å²) < 4.78 is 68.4. The first kappa shape index (κ1) is 90.1. The molecule has 0 heterocycles. The van der Waals surface area contributed by atoms with Crippen LogP contribution in [-0.2, 0) is 65.4 Å². The number of aliphatic hydroxyl groups is 1. The Morgan fingerprint density at radius 1 is 0.304 bits per heavy atom. The Morgan fingerprint density at radius 2 is 0.522 bits per heavy atom. The average Bonchev–Trinajstić information content (AvgIpc) is 2.08. The first-order valence-corrected chi connectivity index (χ1v) is 40.7. The molecule has 4 unspecified atom stereocenters. The molecule has 92 heavy (non-hydrogen) atoms. The SMILES string of the molecule is CCC(C)CCCCCCCCCCCCC(=O)O[C@H](COC(=O)CCCCCCCCCCC(C)C)COP(=O)(O)OCC(O)COP(=O)(O)OC[C@@H](COC(=O)CCCCCCCCCCCCC(C)C)OC(=O)CCCCCCCCCCCCCC(C)C. The molecule has 0 aliphatic rings. The predicted molar refractivity (Wildman–Crippen MR) is 372 cm³/mol. The quantitative estimate of drug-likeness (QED) is 0.0222. The predicted octanol–water partition coefficient (Wildman–Crippen LogP) is 20.9. The summed E-state index contributed by atoms with van der Waals surface area (Å²) >= 11 is 0. The van der Waals surface area contributed by atoms with Gasteiger partial charge in [-0.1, -0.05) is 312 Å². The molecule has 0 radical (unpaired) electrons. The summed E-state index contributed by atoms with van der Waals surface area (Å²) in [6.45, 7) is 14.2. The van der Waals surface area contributed by atoms with Crippen LogP contribution in [0.1, 0.15) is 364 Å². The number of carbonyl (C=O) groups is 4. The van der Waals surface area contributed by atoms with E-state index >= 15 is 0 Å². The third kappa shape index (κ3) is 65.4. The van der Waals surface area contributed by atoms with Gasteiger partial charge in [0.15, 0.2) is 12.2 Å². The lowest BCUT2D eigenvalue weighted by atomic mass is 9.99. The molecule has 6 atom stereocenters. The molecule has 0 aromatic carbocycles. The number of aliphatic hydroxyl groups excluding tert-OH is 1. The molecule has 0 fully saturated rings. The first-order chi connectivity index (χ1) is 44.1. The van der Waals surface area contributed by atoms with Crippen LogP contribution in [0.5, 0.6) is 0 Å². The summed E-state index contributed by atoms with van der Waals surface area (Å²) in [7, 11) is -9.91. The van der Waals surface area contributed by atoms with Crippen molar-refractivity contribution in [3.8, 4) is 0 Å². The monoisotopic (exact) mass is 1350 g/mol. The number of hydrogen-bond donors (Lipinski definition) is 3. The fourth-order valence-electron chi connectivity index (χ4n) is 11.0. The van der Waals surface area contributed by atoms with Gasteiger partial charge in [-0.05, 0) is 49.4 Å². The molecular formula is C73H142O17P2. The van der Waals surface area contributed by atoms with Crippen LogP contribution in [0.2, 0.25) is 0 Å². The van der Waals surface area contributed by atoms with Gasteiger partial charge >= 0.3 is 39.5 Å². The standard InChI is InChI=1S/C73H142O17P2/c1-9-66(8)52-44-36-28-19-14-16-22-32-40-48-56-73(78)90-69(60-84-71(76)54-46-38-30-24-23-27-35-43-51-65(6)7)62-88-92(81,82)86-58-67(74)57-85-91(79,80)87-61-68(59-83-70(75)53-45-37-29-20-15-13-18-26-34-42-50-64(4)5)89-72(77)55-47-39-31-21-12-10-11-17-25-33-41-49-63(2)3/h63-69,74H,9-62H2,1-8H3,(H,79,80)(H,81,82)/t66?,67?,68-,69-/m1/s1. The zero-order valence-corrected chi connectivity index (χ0v) is 62.0. The second-order valence-electron chi connectivity index (χ2n) is 28.0. The molecule has 0 rings (SSSR count). The zero-order chi connectivity index (χ0) is 68.2. The maximum atomic E-state index is 13.0. The highest BCUT2D eigenvalue weighted by atomic mass is 31.2. The van der Waals surface area contributed by atoms with E-state index in [1.807, 2.05) is 0 Å². The molecule has 0 aliphatic carbocycles. The van der Waals surface area contributed by atoms with Crippen LogP contribution >= 0.6 is 15.6 Å². The largest absolute Gasteiger partial charge is 0.472 e. The number of rotatable bonds is 70. The number of hydrogen-bond acceptors (Lipinski definition) is 15. The van der Waals surface area contributed by atoms with Crippen molar-refractivity contribution in [3.05, 3.63) is 0 Å². The molecular weight excluding hydrogens is 1210 g/mol. The topological polar surface area (TPSA) is 237 Å². The summed E-state index contributed by atoms with van der Waals surface area (Å²) in [5.41, 5.74) is 0. The highest BCUT2D eigenvalue weighted by molar-refractivity contribution is 7.47. The van der Waals surface area contributed by atoms with E-state index in [1.54, 1.807) is 0 Å². The number of unbranched alkanes of at least 4 members (excludes halogenated alkanes) is 35. The van der Waals surface area contributed by atoms with Crippen LogP contribution in [0.4, 0.5) is 0 Å². The number of ether oxygens (including phenoxy) is 4. The summed E-state index contributed by atoms with van der Waals surface area (Å²) in [5.74, 6) is 0.928. The molecule has 546 valence electrons. The van der Waals surface area contributed by atoms with Gasteiger partial charge in [0.05, 0.1) is 26.4 Å². The summed E-state index contributed by atoms with van der Waals surface area (Å²) in [5, 5.41) is 10.6. The summed E-state index contributed by atoms with van der Waals surface area (Å²) in [4.78, 5) is 72.7. The summed E-state index contributed by atoms with van der Waals surface area (Å²) in [6.07, 6.45) is 45.7. The van der Waals surface area contributed by atoms with Crippen molar-refractivity contribution in [3.63, 3.8) is 0 Å². The van der Waals surface area contributed by atoms with Crippen molar-refractivity contribution < 1.29 is 80.2 Å². The molecule has 19 heteroatoms. The minimum Gasteiger partial charge on any atom is -0.462 e. The Balaban J connectivity index is 5.28. The molecule has 0 aromatic rings.